The van der Waals surface area contributed by atoms with Crippen LogP contribution in [-0.2, 0) is 14.8 Å². The Labute approximate surface area is 178 Å². The lowest BCUT2D eigenvalue weighted by atomic mass is 10.0. The normalized spacial score (nSPS) is 16.7. The number of nitrogens with zero attached hydrogens (tertiary/aromatic N) is 2. The molecule has 1 fully saturated rings. The zero-order chi connectivity index (χ0) is 22.0. The van der Waals surface area contributed by atoms with Crippen LogP contribution in [0.2, 0.25) is 0 Å². The first-order chi connectivity index (χ1) is 14.4. The molecule has 170 valence electrons. The van der Waals surface area contributed by atoms with Gasteiger partial charge < -0.3 is 24.8 Å². The molecule has 4 N–H and O–H groups in total. The van der Waals surface area contributed by atoms with E-state index >= 15 is 0 Å². The van der Waals surface area contributed by atoms with Crippen LogP contribution in [0.1, 0.15) is 18.5 Å². The Morgan fingerprint density at radius 1 is 1.23 bits per heavy atom. The van der Waals surface area contributed by atoms with E-state index in [0.29, 0.717) is 43.8 Å². The SMILES string of the molecule is CCNC(=NCC(c1ccc(OC)c(OC)c1)N1CCOCC1)NCCS(N)(=O)=O. The molecular formula is C19H33N5O5S. The fraction of sp³-hybridized carbons (Fsp3) is 0.632. The molecule has 1 aromatic rings. The lowest BCUT2D eigenvalue weighted by molar-refractivity contribution is 0.0179. The molecule has 1 aliphatic heterocycles. The van der Waals surface area contributed by atoms with E-state index in [1.807, 2.05) is 25.1 Å². The maximum atomic E-state index is 11.2. The van der Waals surface area contributed by atoms with Gasteiger partial charge in [0.1, 0.15) is 0 Å². The second kappa shape index (κ2) is 11.9. The van der Waals surface area contributed by atoms with Crippen molar-refractivity contribution < 1.29 is 22.6 Å². The van der Waals surface area contributed by atoms with Gasteiger partial charge in [-0.2, -0.15) is 0 Å². The minimum absolute atomic E-state index is 0.00223. The molecule has 1 saturated heterocycles. The molecule has 0 saturated carbocycles. The average Bonchev–Trinajstić information content (AvgIpc) is 2.73. The summed E-state index contributed by atoms with van der Waals surface area (Å²) in [6.45, 7) is 6.18. The molecule has 11 heteroatoms. The standard InChI is InChI=1S/C19H33N5O5S/c1-4-21-19(22-7-12-30(20,25)26)23-14-16(24-8-10-29-11-9-24)15-5-6-17(27-2)18(13-15)28-3/h5-6,13,16H,4,7-12,14H2,1-3H3,(H2,20,25,26)(H2,21,22,23). The number of sulfonamides is 1. The maximum Gasteiger partial charge on any atom is 0.210 e. The van der Waals surface area contributed by atoms with Gasteiger partial charge in [0, 0.05) is 26.2 Å². The topological polar surface area (TPSA) is 128 Å². The molecular weight excluding hydrogens is 410 g/mol. The number of ether oxygens (including phenoxy) is 3. The van der Waals surface area contributed by atoms with Gasteiger partial charge in [-0.05, 0) is 24.6 Å². The van der Waals surface area contributed by atoms with Crippen LogP contribution in [-0.4, -0.2) is 85.2 Å². The highest BCUT2D eigenvalue weighted by molar-refractivity contribution is 7.89. The van der Waals surface area contributed by atoms with E-state index in [-0.39, 0.29) is 18.3 Å². The molecule has 0 aromatic heterocycles. The van der Waals surface area contributed by atoms with Crippen LogP contribution < -0.4 is 25.2 Å². The van der Waals surface area contributed by atoms with E-state index < -0.39 is 10.0 Å². The number of morpholine rings is 1. The van der Waals surface area contributed by atoms with Crippen molar-refractivity contribution in [2.75, 3.05) is 65.9 Å². The fourth-order valence-corrected chi connectivity index (χ4v) is 3.60. The summed E-state index contributed by atoms with van der Waals surface area (Å²) >= 11 is 0. The molecule has 0 amide bonds. The van der Waals surface area contributed by atoms with Crippen molar-refractivity contribution in [1.29, 1.82) is 0 Å². The van der Waals surface area contributed by atoms with Gasteiger partial charge in [0.05, 0.1) is 45.8 Å². The second-order valence-electron chi connectivity index (χ2n) is 6.79. The highest BCUT2D eigenvalue weighted by Crippen LogP contribution is 2.32. The first-order valence-electron chi connectivity index (χ1n) is 9.94. The van der Waals surface area contributed by atoms with E-state index in [9.17, 15) is 8.42 Å². The monoisotopic (exact) mass is 443 g/mol. The van der Waals surface area contributed by atoms with Crippen molar-refractivity contribution in [2.24, 2.45) is 10.1 Å². The summed E-state index contributed by atoms with van der Waals surface area (Å²) < 4.78 is 38.7. The number of methoxy groups -OCH3 is 2. The third-order valence-corrected chi connectivity index (χ3v) is 5.50. The predicted molar refractivity (Wildman–Crippen MR) is 117 cm³/mol. The average molecular weight is 444 g/mol. The summed E-state index contributed by atoms with van der Waals surface area (Å²) in [6, 6.07) is 5.87. The summed E-state index contributed by atoms with van der Waals surface area (Å²) in [4.78, 5) is 7.01. The maximum absolute atomic E-state index is 11.2. The molecule has 0 aliphatic carbocycles. The molecule has 1 aliphatic rings. The quantitative estimate of drug-likeness (QED) is 0.338. The van der Waals surface area contributed by atoms with Gasteiger partial charge >= 0.3 is 0 Å². The van der Waals surface area contributed by atoms with Crippen molar-refractivity contribution in [3.8, 4) is 11.5 Å². The van der Waals surface area contributed by atoms with Gasteiger partial charge in [0.25, 0.3) is 0 Å². The molecule has 0 radical (unpaired) electrons. The molecule has 1 atom stereocenters. The number of guanidine groups is 1. The third kappa shape index (κ3) is 7.63. The van der Waals surface area contributed by atoms with Gasteiger partial charge in [0.2, 0.25) is 10.0 Å². The van der Waals surface area contributed by atoms with Crippen molar-refractivity contribution in [3.63, 3.8) is 0 Å². The van der Waals surface area contributed by atoms with Crippen molar-refractivity contribution in [3.05, 3.63) is 23.8 Å². The summed E-state index contributed by atoms with van der Waals surface area (Å²) in [6.07, 6.45) is 0. The van der Waals surface area contributed by atoms with Crippen LogP contribution in [0.4, 0.5) is 0 Å². The zero-order valence-corrected chi connectivity index (χ0v) is 18.7. The van der Waals surface area contributed by atoms with Gasteiger partial charge in [-0.1, -0.05) is 6.07 Å². The Morgan fingerprint density at radius 2 is 1.93 bits per heavy atom. The van der Waals surface area contributed by atoms with Crippen molar-refractivity contribution >= 4 is 16.0 Å². The van der Waals surface area contributed by atoms with Crippen LogP contribution in [0.15, 0.2) is 23.2 Å². The predicted octanol–water partition coefficient (Wildman–Crippen LogP) is -0.0793. The van der Waals surface area contributed by atoms with Crippen LogP contribution in [0, 0.1) is 0 Å². The molecule has 0 spiro atoms. The first kappa shape index (κ1) is 24.2. The fourth-order valence-electron chi connectivity index (χ4n) is 3.21. The highest BCUT2D eigenvalue weighted by Gasteiger charge is 2.24. The van der Waals surface area contributed by atoms with Gasteiger partial charge in [-0.25, -0.2) is 13.6 Å². The zero-order valence-electron chi connectivity index (χ0n) is 17.9. The first-order valence-corrected chi connectivity index (χ1v) is 11.7. The van der Waals surface area contributed by atoms with Crippen LogP contribution in [0.3, 0.4) is 0 Å². The largest absolute Gasteiger partial charge is 0.493 e. The molecule has 1 heterocycles. The summed E-state index contributed by atoms with van der Waals surface area (Å²) in [7, 11) is -0.312. The summed E-state index contributed by atoms with van der Waals surface area (Å²) in [5.41, 5.74) is 1.05. The Hall–Kier alpha value is -2.08. The second-order valence-corrected chi connectivity index (χ2v) is 8.53. The number of primary sulfonamides is 1. The number of benzene rings is 1. The van der Waals surface area contributed by atoms with E-state index in [1.54, 1.807) is 14.2 Å². The molecule has 0 bridgehead atoms. The van der Waals surface area contributed by atoms with Crippen molar-refractivity contribution in [2.45, 2.75) is 13.0 Å². The number of nitrogens with one attached hydrogen (secondary N) is 2. The molecule has 30 heavy (non-hydrogen) atoms. The third-order valence-electron chi connectivity index (χ3n) is 4.72. The van der Waals surface area contributed by atoms with Gasteiger partial charge in [-0.3, -0.25) is 9.89 Å². The van der Waals surface area contributed by atoms with E-state index in [2.05, 4.69) is 20.5 Å². The van der Waals surface area contributed by atoms with E-state index in [4.69, 9.17) is 19.3 Å². The molecule has 2 rings (SSSR count). The van der Waals surface area contributed by atoms with Crippen LogP contribution >= 0.6 is 0 Å². The number of hydrogen-bond donors (Lipinski definition) is 3. The molecule has 10 nitrogen and oxygen atoms in total. The van der Waals surface area contributed by atoms with Gasteiger partial charge in [-0.15, -0.1) is 0 Å². The Bertz CT molecular complexity index is 797. The van der Waals surface area contributed by atoms with Crippen LogP contribution in [0.5, 0.6) is 11.5 Å². The number of aliphatic imine (C=N–C) groups is 1. The number of nitrogens with two attached hydrogens (primary N) is 1. The Balaban J connectivity index is 2.22. The lowest BCUT2D eigenvalue weighted by Gasteiger charge is -2.34. The summed E-state index contributed by atoms with van der Waals surface area (Å²) in [5, 5.41) is 11.2. The van der Waals surface area contributed by atoms with E-state index in [0.717, 1.165) is 18.7 Å². The van der Waals surface area contributed by atoms with Crippen molar-refractivity contribution in [1.82, 2.24) is 15.5 Å². The summed E-state index contributed by atoms with van der Waals surface area (Å²) in [5.74, 6) is 1.71. The van der Waals surface area contributed by atoms with Gasteiger partial charge in [0.15, 0.2) is 17.5 Å². The molecule has 1 aromatic carbocycles. The number of hydrogen-bond acceptors (Lipinski definition) is 7. The molecule has 1 unspecified atom stereocenters. The Morgan fingerprint density at radius 3 is 2.53 bits per heavy atom. The Kier molecular flexibility index (Phi) is 9.63. The minimum Gasteiger partial charge on any atom is -0.493 e. The number of rotatable bonds is 10. The smallest absolute Gasteiger partial charge is 0.210 e. The lowest BCUT2D eigenvalue weighted by Crippen LogP contribution is -2.42. The minimum atomic E-state index is -3.53. The van der Waals surface area contributed by atoms with Crippen LogP contribution in [0.25, 0.3) is 0 Å². The van der Waals surface area contributed by atoms with E-state index in [1.165, 1.54) is 0 Å². The highest BCUT2D eigenvalue weighted by atomic mass is 32.2.